The van der Waals surface area contributed by atoms with Gasteiger partial charge in [0.25, 0.3) is 0 Å². The monoisotopic (exact) mass is 275 g/mol. The number of imidazole rings is 1. The fourth-order valence-corrected chi connectivity index (χ4v) is 2.86. The van der Waals surface area contributed by atoms with Crippen LogP contribution < -0.4 is 0 Å². The Bertz CT molecular complexity index is 603. The lowest BCUT2D eigenvalue weighted by Crippen LogP contribution is -2.33. The topological polar surface area (TPSA) is 21.1 Å². The summed E-state index contributed by atoms with van der Waals surface area (Å²) < 4.78 is 2.33. The molecule has 2 aromatic rings. The Labute approximate surface area is 118 Å². The molecule has 19 heavy (non-hydrogen) atoms. The van der Waals surface area contributed by atoms with E-state index in [4.69, 9.17) is 11.6 Å². The van der Waals surface area contributed by atoms with Crippen LogP contribution in [-0.4, -0.2) is 21.0 Å². The van der Waals surface area contributed by atoms with Crippen molar-refractivity contribution in [2.75, 3.05) is 6.54 Å². The minimum atomic E-state index is 0.851. The van der Waals surface area contributed by atoms with Crippen molar-refractivity contribution < 1.29 is 0 Å². The maximum atomic E-state index is 6.23. The van der Waals surface area contributed by atoms with Gasteiger partial charge in [0, 0.05) is 30.4 Å². The highest BCUT2D eigenvalue weighted by molar-refractivity contribution is 6.31. The summed E-state index contributed by atoms with van der Waals surface area (Å²) in [5.41, 5.74) is 3.64. The van der Waals surface area contributed by atoms with Gasteiger partial charge >= 0.3 is 0 Å². The van der Waals surface area contributed by atoms with Gasteiger partial charge in [-0.1, -0.05) is 29.8 Å². The van der Waals surface area contributed by atoms with Gasteiger partial charge in [-0.05, 0) is 25.5 Å². The number of hydrogen-bond donors (Lipinski definition) is 0. The molecule has 0 saturated heterocycles. The van der Waals surface area contributed by atoms with Gasteiger partial charge in [0.1, 0.15) is 5.82 Å². The molecule has 1 aromatic carbocycles. The van der Waals surface area contributed by atoms with Crippen LogP contribution in [0.25, 0.3) is 0 Å². The van der Waals surface area contributed by atoms with E-state index in [1.165, 1.54) is 17.1 Å². The smallest absolute Gasteiger partial charge is 0.123 e. The van der Waals surface area contributed by atoms with E-state index in [1.54, 1.807) is 0 Å². The van der Waals surface area contributed by atoms with Crippen LogP contribution in [0.4, 0.5) is 0 Å². The van der Waals surface area contributed by atoms with Crippen molar-refractivity contribution in [2.45, 2.75) is 33.5 Å². The van der Waals surface area contributed by atoms with Crippen LogP contribution in [0.1, 0.15) is 22.8 Å². The summed E-state index contributed by atoms with van der Waals surface area (Å²) in [7, 11) is 0. The molecular weight excluding hydrogens is 258 g/mol. The predicted octanol–water partition coefficient (Wildman–Crippen LogP) is 3.17. The summed E-state index contributed by atoms with van der Waals surface area (Å²) in [6, 6.07) is 8.07. The van der Waals surface area contributed by atoms with Gasteiger partial charge in [0.2, 0.25) is 0 Å². The molecule has 4 heteroatoms. The molecule has 0 aliphatic carbocycles. The van der Waals surface area contributed by atoms with Crippen LogP contribution >= 0.6 is 11.6 Å². The largest absolute Gasteiger partial charge is 0.330 e. The van der Waals surface area contributed by atoms with E-state index in [9.17, 15) is 0 Å². The minimum absolute atomic E-state index is 0.851. The summed E-state index contributed by atoms with van der Waals surface area (Å²) in [5.74, 6) is 1.17. The third-order valence-corrected chi connectivity index (χ3v) is 4.26. The van der Waals surface area contributed by atoms with Crippen molar-refractivity contribution in [2.24, 2.45) is 0 Å². The van der Waals surface area contributed by atoms with Crippen molar-refractivity contribution in [3.8, 4) is 0 Å². The molecule has 3 rings (SSSR count). The zero-order valence-corrected chi connectivity index (χ0v) is 12.1. The molecule has 0 N–H and O–H groups in total. The molecule has 3 nitrogen and oxygen atoms in total. The molecule has 0 spiro atoms. The molecular formula is C15H18ClN3. The van der Waals surface area contributed by atoms with E-state index in [1.807, 2.05) is 18.2 Å². The molecule has 0 unspecified atom stereocenters. The van der Waals surface area contributed by atoms with E-state index < -0.39 is 0 Å². The molecule has 0 radical (unpaired) electrons. The molecule has 0 fully saturated rings. The van der Waals surface area contributed by atoms with Gasteiger partial charge in [0.15, 0.2) is 0 Å². The van der Waals surface area contributed by atoms with Gasteiger partial charge in [-0.25, -0.2) is 4.98 Å². The molecule has 0 saturated carbocycles. The summed E-state index contributed by atoms with van der Waals surface area (Å²) in [6.45, 7) is 8.10. The second-order valence-corrected chi connectivity index (χ2v) is 5.56. The standard InChI is InChI=1S/C15H18ClN3/c1-11-12(2)19-8-7-18(10-15(19)17-11)9-13-5-3-4-6-14(13)16/h3-6H,7-10H2,1-2H3. The van der Waals surface area contributed by atoms with E-state index in [0.29, 0.717) is 0 Å². The maximum absolute atomic E-state index is 6.23. The predicted molar refractivity (Wildman–Crippen MR) is 77.3 cm³/mol. The number of nitrogens with zero attached hydrogens (tertiary/aromatic N) is 3. The van der Waals surface area contributed by atoms with Gasteiger partial charge in [-0.15, -0.1) is 0 Å². The fourth-order valence-electron chi connectivity index (χ4n) is 2.66. The van der Waals surface area contributed by atoms with Crippen LogP contribution in [-0.2, 0) is 19.6 Å². The molecule has 1 aromatic heterocycles. The maximum Gasteiger partial charge on any atom is 0.123 e. The Hall–Kier alpha value is -1.32. The van der Waals surface area contributed by atoms with Crippen molar-refractivity contribution >= 4 is 11.6 Å². The fraction of sp³-hybridized carbons (Fsp3) is 0.400. The highest BCUT2D eigenvalue weighted by Gasteiger charge is 2.20. The third-order valence-electron chi connectivity index (χ3n) is 3.89. The number of aryl methyl sites for hydroxylation is 1. The lowest BCUT2D eigenvalue weighted by molar-refractivity contribution is 0.208. The van der Waals surface area contributed by atoms with Gasteiger partial charge in [0.05, 0.1) is 12.2 Å². The molecule has 0 atom stereocenters. The van der Waals surface area contributed by atoms with Crippen molar-refractivity contribution in [3.05, 3.63) is 52.1 Å². The SMILES string of the molecule is Cc1nc2n(c1C)CCN(Cc1ccccc1Cl)C2. The molecule has 1 aliphatic rings. The van der Waals surface area contributed by atoms with Crippen LogP contribution in [0.2, 0.25) is 5.02 Å². The lowest BCUT2D eigenvalue weighted by Gasteiger charge is -2.28. The summed E-state index contributed by atoms with van der Waals surface area (Å²) in [6.07, 6.45) is 0. The summed E-state index contributed by atoms with van der Waals surface area (Å²) in [4.78, 5) is 7.06. The Balaban J connectivity index is 1.78. The molecule has 2 heterocycles. The number of hydrogen-bond acceptors (Lipinski definition) is 2. The highest BCUT2D eigenvalue weighted by atomic mass is 35.5. The summed E-state index contributed by atoms with van der Waals surface area (Å²) in [5, 5.41) is 0.851. The second kappa shape index (κ2) is 4.99. The van der Waals surface area contributed by atoms with Crippen LogP contribution in [0.3, 0.4) is 0 Å². The number of fused-ring (bicyclic) bond motifs is 1. The first kappa shape index (κ1) is 12.7. The van der Waals surface area contributed by atoms with Crippen LogP contribution in [0, 0.1) is 13.8 Å². The first-order valence-electron chi connectivity index (χ1n) is 6.63. The van der Waals surface area contributed by atoms with Gasteiger partial charge < -0.3 is 4.57 Å². The molecule has 1 aliphatic heterocycles. The highest BCUT2D eigenvalue weighted by Crippen LogP contribution is 2.21. The number of benzene rings is 1. The Morgan fingerprint density at radius 1 is 1.21 bits per heavy atom. The Morgan fingerprint density at radius 2 is 2.00 bits per heavy atom. The second-order valence-electron chi connectivity index (χ2n) is 5.15. The zero-order valence-electron chi connectivity index (χ0n) is 11.4. The third kappa shape index (κ3) is 2.40. The number of halogens is 1. The van der Waals surface area contributed by atoms with Crippen molar-refractivity contribution in [3.63, 3.8) is 0 Å². The molecule has 100 valence electrons. The summed E-state index contributed by atoms with van der Waals surface area (Å²) >= 11 is 6.23. The number of rotatable bonds is 2. The average molecular weight is 276 g/mol. The Kier molecular flexibility index (Phi) is 3.33. The van der Waals surface area contributed by atoms with Gasteiger partial charge in [-0.3, -0.25) is 4.90 Å². The first-order valence-corrected chi connectivity index (χ1v) is 7.01. The van der Waals surface area contributed by atoms with Crippen molar-refractivity contribution in [1.82, 2.24) is 14.5 Å². The van der Waals surface area contributed by atoms with E-state index in [0.717, 1.165) is 36.9 Å². The quantitative estimate of drug-likeness (QED) is 0.839. The molecule has 0 bridgehead atoms. The van der Waals surface area contributed by atoms with Crippen molar-refractivity contribution in [1.29, 1.82) is 0 Å². The van der Waals surface area contributed by atoms with E-state index >= 15 is 0 Å². The van der Waals surface area contributed by atoms with Crippen LogP contribution in [0.15, 0.2) is 24.3 Å². The van der Waals surface area contributed by atoms with Crippen LogP contribution in [0.5, 0.6) is 0 Å². The zero-order chi connectivity index (χ0) is 13.4. The minimum Gasteiger partial charge on any atom is -0.330 e. The normalized spacial score (nSPS) is 15.5. The number of aromatic nitrogens is 2. The van der Waals surface area contributed by atoms with E-state index in [2.05, 4.69) is 34.4 Å². The van der Waals surface area contributed by atoms with Gasteiger partial charge in [-0.2, -0.15) is 0 Å². The first-order chi connectivity index (χ1) is 9.15. The Morgan fingerprint density at radius 3 is 2.79 bits per heavy atom. The van der Waals surface area contributed by atoms with E-state index in [-0.39, 0.29) is 0 Å². The lowest BCUT2D eigenvalue weighted by atomic mass is 10.2. The molecule has 0 amide bonds. The average Bonchev–Trinajstić information content (AvgIpc) is 2.68.